The van der Waals surface area contributed by atoms with Crippen LogP contribution in [0.4, 0.5) is 0 Å². The fraction of sp³-hybridized carbons (Fsp3) is 0.0833. The molecule has 2 heterocycles. The molecule has 0 radical (unpaired) electrons. The molecule has 2 aromatic rings. The number of nitrogens with zero attached hydrogens (tertiary/aromatic N) is 3. The van der Waals surface area contributed by atoms with E-state index in [4.69, 9.17) is 5.21 Å². The van der Waals surface area contributed by atoms with Gasteiger partial charge in [-0.2, -0.15) is 0 Å². The third-order valence-electron chi connectivity index (χ3n) is 2.21. The van der Waals surface area contributed by atoms with E-state index in [1.54, 1.807) is 30.7 Å². The lowest BCUT2D eigenvalue weighted by atomic mass is 10.1. The molecule has 0 aromatic carbocycles. The summed E-state index contributed by atoms with van der Waals surface area (Å²) in [4.78, 5) is 8.10. The first-order valence-corrected chi connectivity index (χ1v) is 4.91. The normalized spacial score (nSPS) is 11.4. The van der Waals surface area contributed by atoms with E-state index in [0.29, 0.717) is 12.1 Å². The highest BCUT2D eigenvalue weighted by Crippen LogP contribution is 2.05. The molecule has 80 valence electrons. The lowest BCUT2D eigenvalue weighted by Gasteiger charge is -2.03. The largest absolute Gasteiger partial charge is 0.411 e. The summed E-state index contributed by atoms with van der Waals surface area (Å²) < 4.78 is 0. The number of rotatable bonds is 3. The molecule has 0 bridgehead atoms. The summed E-state index contributed by atoms with van der Waals surface area (Å²) in [7, 11) is 0. The summed E-state index contributed by atoms with van der Waals surface area (Å²) in [5.74, 6) is 0. The van der Waals surface area contributed by atoms with Crippen LogP contribution in [0.15, 0.2) is 54.1 Å². The fourth-order valence-corrected chi connectivity index (χ4v) is 1.41. The molecule has 0 saturated carbocycles. The minimum Gasteiger partial charge on any atom is -0.411 e. The van der Waals surface area contributed by atoms with E-state index in [9.17, 15) is 0 Å². The van der Waals surface area contributed by atoms with Crippen molar-refractivity contribution in [3.63, 3.8) is 0 Å². The van der Waals surface area contributed by atoms with Gasteiger partial charge in [-0.25, -0.2) is 0 Å². The van der Waals surface area contributed by atoms with Crippen LogP contribution in [0.25, 0.3) is 0 Å². The van der Waals surface area contributed by atoms with Crippen LogP contribution in [0.3, 0.4) is 0 Å². The third-order valence-corrected chi connectivity index (χ3v) is 2.21. The zero-order valence-electron chi connectivity index (χ0n) is 8.61. The van der Waals surface area contributed by atoms with Crippen LogP contribution >= 0.6 is 0 Å². The second-order valence-electron chi connectivity index (χ2n) is 3.28. The highest BCUT2D eigenvalue weighted by molar-refractivity contribution is 6.01. The van der Waals surface area contributed by atoms with Gasteiger partial charge in [0.15, 0.2) is 0 Å². The second-order valence-corrected chi connectivity index (χ2v) is 3.28. The standard InChI is InChI=1S/C12H11N3O/c16-15-12(10-4-7-13-8-5-10)9-11-3-1-2-6-14-11/h1-8,16H,9H2. The Hall–Kier alpha value is -2.23. The van der Waals surface area contributed by atoms with Crippen LogP contribution in [-0.2, 0) is 6.42 Å². The predicted molar refractivity (Wildman–Crippen MR) is 60.5 cm³/mol. The highest BCUT2D eigenvalue weighted by atomic mass is 16.4. The zero-order chi connectivity index (χ0) is 11.2. The van der Waals surface area contributed by atoms with E-state index in [0.717, 1.165) is 11.3 Å². The number of pyridine rings is 2. The molecule has 1 N–H and O–H groups in total. The van der Waals surface area contributed by atoms with Crippen molar-refractivity contribution in [1.82, 2.24) is 9.97 Å². The summed E-state index contributed by atoms with van der Waals surface area (Å²) in [6, 6.07) is 9.26. The van der Waals surface area contributed by atoms with Crippen LogP contribution in [0, 0.1) is 0 Å². The van der Waals surface area contributed by atoms with Crippen molar-refractivity contribution in [2.75, 3.05) is 0 Å². The molecule has 0 aliphatic carbocycles. The summed E-state index contributed by atoms with van der Waals surface area (Å²) in [6.07, 6.45) is 5.55. The minimum absolute atomic E-state index is 0.501. The van der Waals surface area contributed by atoms with Crippen molar-refractivity contribution in [2.45, 2.75) is 6.42 Å². The monoisotopic (exact) mass is 213 g/mol. The van der Waals surface area contributed by atoms with Gasteiger partial charge in [-0.3, -0.25) is 9.97 Å². The van der Waals surface area contributed by atoms with Gasteiger partial charge in [0, 0.05) is 36.3 Å². The smallest absolute Gasteiger partial charge is 0.0928 e. The molecular formula is C12H11N3O. The van der Waals surface area contributed by atoms with Crippen molar-refractivity contribution in [2.24, 2.45) is 5.16 Å². The molecule has 2 rings (SSSR count). The maximum Gasteiger partial charge on any atom is 0.0928 e. The highest BCUT2D eigenvalue weighted by Gasteiger charge is 2.05. The first kappa shape index (κ1) is 10.3. The molecule has 0 amide bonds. The Labute approximate surface area is 93.3 Å². The zero-order valence-corrected chi connectivity index (χ0v) is 8.61. The molecule has 0 atom stereocenters. The molecule has 2 aromatic heterocycles. The first-order valence-electron chi connectivity index (χ1n) is 4.91. The van der Waals surface area contributed by atoms with E-state index in [-0.39, 0.29) is 0 Å². The van der Waals surface area contributed by atoms with Gasteiger partial charge in [-0.1, -0.05) is 11.2 Å². The average Bonchev–Trinajstić information content (AvgIpc) is 2.38. The molecule has 0 saturated heterocycles. The first-order chi connectivity index (χ1) is 7.90. The Kier molecular flexibility index (Phi) is 3.23. The molecule has 0 aliphatic heterocycles. The van der Waals surface area contributed by atoms with Gasteiger partial charge in [0.1, 0.15) is 0 Å². The van der Waals surface area contributed by atoms with Crippen LogP contribution in [-0.4, -0.2) is 20.9 Å². The van der Waals surface area contributed by atoms with Crippen molar-refractivity contribution >= 4 is 5.71 Å². The van der Waals surface area contributed by atoms with Gasteiger partial charge >= 0.3 is 0 Å². The van der Waals surface area contributed by atoms with Crippen molar-refractivity contribution in [1.29, 1.82) is 0 Å². The van der Waals surface area contributed by atoms with Crippen LogP contribution in [0.5, 0.6) is 0 Å². The van der Waals surface area contributed by atoms with E-state index in [2.05, 4.69) is 15.1 Å². The van der Waals surface area contributed by atoms with Crippen molar-refractivity contribution in [3.8, 4) is 0 Å². The van der Waals surface area contributed by atoms with Crippen molar-refractivity contribution < 1.29 is 5.21 Å². The number of hydrogen-bond donors (Lipinski definition) is 1. The average molecular weight is 213 g/mol. The summed E-state index contributed by atoms with van der Waals surface area (Å²) in [6.45, 7) is 0. The van der Waals surface area contributed by atoms with E-state index >= 15 is 0 Å². The number of hydrogen-bond acceptors (Lipinski definition) is 4. The van der Waals surface area contributed by atoms with Gasteiger partial charge < -0.3 is 5.21 Å². The molecule has 16 heavy (non-hydrogen) atoms. The van der Waals surface area contributed by atoms with Gasteiger partial charge in [-0.05, 0) is 24.3 Å². The molecule has 0 spiro atoms. The van der Waals surface area contributed by atoms with E-state index in [1.165, 1.54) is 0 Å². The quantitative estimate of drug-likeness (QED) is 0.481. The molecule has 0 fully saturated rings. The lowest BCUT2D eigenvalue weighted by Crippen LogP contribution is -2.06. The molecule has 4 heteroatoms. The molecule has 0 aliphatic rings. The van der Waals surface area contributed by atoms with E-state index in [1.807, 2.05) is 18.2 Å². The molecule has 4 nitrogen and oxygen atoms in total. The molecule has 0 unspecified atom stereocenters. The number of aromatic nitrogens is 2. The van der Waals surface area contributed by atoms with Gasteiger partial charge in [0.2, 0.25) is 0 Å². The number of oxime groups is 1. The SMILES string of the molecule is ON=C(Cc1ccccn1)c1ccncc1. The second kappa shape index (κ2) is 5.02. The Bertz CT molecular complexity index is 468. The minimum atomic E-state index is 0.501. The third kappa shape index (κ3) is 2.42. The van der Waals surface area contributed by atoms with Crippen molar-refractivity contribution in [3.05, 3.63) is 60.2 Å². The van der Waals surface area contributed by atoms with E-state index < -0.39 is 0 Å². The summed E-state index contributed by atoms with van der Waals surface area (Å²) >= 11 is 0. The predicted octanol–water partition coefficient (Wildman–Crippen LogP) is 1.90. The summed E-state index contributed by atoms with van der Waals surface area (Å²) in [5, 5.41) is 12.3. The Morgan fingerprint density at radius 2 is 1.94 bits per heavy atom. The van der Waals surface area contributed by atoms with Gasteiger partial charge in [-0.15, -0.1) is 0 Å². The maximum absolute atomic E-state index is 8.98. The fourth-order valence-electron chi connectivity index (χ4n) is 1.41. The van der Waals surface area contributed by atoms with Crippen LogP contribution < -0.4 is 0 Å². The van der Waals surface area contributed by atoms with Crippen LogP contribution in [0.1, 0.15) is 11.3 Å². The Balaban J connectivity index is 2.20. The Morgan fingerprint density at radius 3 is 2.56 bits per heavy atom. The van der Waals surface area contributed by atoms with Gasteiger partial charge in [0.05, 0.1) is 5.71 Å². The topological polar surface area (TPSA) is 58.4 Å². The maximum atomic E-state index is 8.98. The Morgan fingerprint density at radius 1 is 1.12 bits per heavy atom. The lowest BCUT2D eigenvalue weighted by molar-refractivity contribution is 0.318. The van der Waals surface area contributed by atoms with Gasteiger partial charge in [0.25, 0.3) is 0 Å². The van der Waals surface area contributed by atoms with Crippen LogP contribution in [0.2, 0.25) is 0 Å². The molecular weight excluding hydrogens is 202 g/mol. The summed E-state index contributed by atoms with van der Waals surface area (Å²) in [5.41, 5.74) is 2.30.